The van der Waals surface area contributed by atoms with Gasteiger partial charge in [-0.1, -0.05) is 6.07 Å². The van der Waals surface area contributed by atoms with E-state index >= 15 is 0 Å². The Labute approximate surface area is 186 Å². The van der Waals surface area contributed by atoms with Crippen LogP contribution in [0.1, 0.15) is 47.7 Å². The Bertz CT molecular complexity index is 1110. The molecule has 3 aromatic rings. The number of anilines is 1. The van der Waals surface area contributed by atoms with Gasteiger partial charge in [0.05, 0.1) is 23.0 Å². The molecular weight excluding hydrogens is 443 g/mol. The minimum atomic E-state index is -1.30. The first-order valence-corrected chi connectivity index (χ1v) is 11.0. The molecule has 11 heteroatoms. The third-order valence-electron chi connectivity index (χ3n) is 5.43. The fourth-order valence-electron chi connectivity index (χ4n) is 3.67. The van der Waals surface area contributed by atoms with Crippen LogP contribution in [0.25, 0.3) is 10.6 Å². The number of nitrogens with two attached hydrogens (primary N) is 1. The zero-order valence-corrected chi connectivity index (χ0v) is 18.2. The van der Waals surface area contributed by atoms with Crippen molar-refractivity contribution < 1.29 is 22.7 Å². The number of aromatic nitrogens is 3. The van der Waals surface area contributed by atoms with Gasteiger partial charge in [-0.3, -0.25) is 9.89 Å². The highest BCUT2D eigenvalue weighted by molar-refractivity contribution is 7.13. The highest BCUT2D eigenvalue weighted by Gasteiger charge is 2.34. The van der Waals surface area contributed by atoms with Crippen molar-refractivity contribution in [2.24, 2.45) is 5.73 Å². The molecule has 0 aliphatic carbocycles. The fraction of sp³-hybridized carbons (Fsp3) is 0.381. The third kappa shape index (κ3) is 4.27. The number of H-pyrrole nitrogens is 1. The Hall–Kier alpha value is -2.76. The van der Waals surface area contributed by atoms with Gasteiger partial charge in [-0.05, 0) is 38.8 Å². The topological polar surface area (TPSA) is 106 Å². The van der Waals surface area contributed by atoms with Gasteiger partial charge in [-0.15, -0.1) is 11.3 Å². The van der Waals surface area contributed by atoms with Gasteiger partial charge >= 0.3 is 0 Å². The highest BCUT2D eigenvalue weighted by atomic mass is 32.1. The number of hydrogen-bond acceptors (Lipinski definition) is 6. The highest BCUT2D eigenvalue weighted by Crippen LogP contribution is 2.35. The fourth-order valence-corrected chi connectivity index (χ4v) is 4.51. The number of amides is 1. The van der Waals surface area contributed by atoms with Crippen LogP contribution >= 0.6 is 11.3 Å². The quantitative estimate of drug-likeness (QED) is 0.533. The molecule has 1 fully saturated rings. The van der Waals surface area contributed by atoms with Gasteiger partial charge in [0.2, 0.25) is 0 Å². The van der Waals surface area contributed by atoms with E-state index in [9.17, 15) is 18.0 Å². The second-order valence-corrected chi connectivity index (χ2v) is 8.57. The van der Waals surface area contributed by atoms with E-state index in [-0.39, 0.29) is 16.3 Å². The second-order valence-electron chi connectivity index (χ2n) is 7.71. The van der Waals surface area contributed by atoms with Gasteiger partial charge in [0.15, 0.2) is 0 Å². The van der Waals surface area contributed by atoms with Gasteiger partial charge in [-0.2, -0.15) is 5.10 Å². The lowest BCUT2D eigenvalue weighted by atomic mass is 10.0. The van der Waals surface area contributed by atoms with E-state index in [2.05, 4.69) is 20.5 Å². The van der Waals surface area contributed by atoms with Crippen LogP contribution in [-0.4, -0.2) is 39.4 Å². The molecule has 1 amide bonds. The number of alkyl halides is 1. The van der Waals surface area contributed by atoms with Crippen molar-refractivity contribution in [2.75, 3.05) is 5.32 Å². The first kappa shape index (κ1) is 22.4. The predicted molar refractivity (Wildman–Crippen MR) is 114 cm³/mol. The van der Waals surface area contributed by atoms with Crippen molar-refractivity contribution in [3.05, 3.63) is 52.3 Å². The summed E-state index contributed by atoms with van der Waals surface area (Å²) in [5.41, 5.74) is 6.98. The van der Waals surface area contributed by atoms with Crippen molar-refractivity contribution in [1.29, 1.82) is 0 Å². The van der Waals surface area contributed by atoms with Gasteiger partial charge < -0.3 is 15.8 Å². The smallest absolute Gasteiger partial charge is 0.275 e. The maximum absolute atomic E-state index is 14.2. The summed E-state index contributed by atoms with van der Waals surface area (Å²) in [5, 5.41) is 11.3. The number of nitrogens with zero attached hydrogens (tertiary/aromatic N) is 2. The van der Waals surface area contributed by atoms with Crippen LogP contribution in [-0.2, 0) is 4.74 Å². The van der Waals surface area contributed by atoms with E-state index in [1.807, 2.05) is 0 Å². The molecule has 4 N–H and O–H groups in total. The van der Waals surface area contributed by atoms with E-state index in [4.69, 9.17) is 10.5 Å². The number of nitrogens with one attached hydrogen (secondary N) is 2. The number of rotatable bonds is 4. The number of ether oxygens (including phenoxy) is 1. The van der Waals surface area contributed by atoms with Gasteiger partial charge in [0, 0.05) is 11.4 Å². The number of halogens is 3. The van der Waals surface area contributed by atoms with Crippen molar-refractivity contribution in [3.63, 3.8) is 0 Å². The van der Waals surface area contributed by atoms with E-state index < -0.39 is 42.0 Å². The Morgan fingerprint density at radius 1 is 1.31 bits per heavy atom. The van der Waals surface area contributed by atoms with E-state index in [1.54, 1.807) is 13.8 Å². The largest absolute Gasteiger partial charge is 0.366 e. The van der Waals surface area contributed by atoms with Crippen LogP contribution in [0.5, 0.6) is 0 Å². The molecule has 0 unspecified atom stereocenters. The molecule has 3 heterocycles. The zero-order chi connectivity index (χ0) is 23.0. The molecule has 0 saturated carbocycles. The molecule has 7 nitrogen and oxygen atoms in total. The third-order valence-corrected chi connectivity index (χ3v) is 6.29. The number of thiazole rings is 1. The zero-order valence-electron chi connectivity index (χ0n) is 17.4. The average Bonchev–Trinajstić information content (AvgIpc) is 3.35. The molecule has 1 aliphatic rings. The number of carbonyl (C=O) groups excluding carboxylic acids is 1. The number of hydrogen-bond donors (Lipinski definition) is 3. The maximum atomic E-state index is 14.2. The molecule has 0 radical (unpaired) electrons. The molecule has 0 spiro atoms. The maximum Gasteiger partial charge on any atom is 0.275 e. The first-order valence-electron chi connectivity index (χ1n) is 10.1. The summed E-state index contributed by atoms with van der Waals surface area (Å²) >= 11 is 0.956. The van der Waals surface area contributed by atoms with Crippen LogP contribution in [0, 0.1) is 18.6 Å². The number of aromatic amines is 1. The van der Waals surface area contributed by atoms with Crippen LogP contribution < -0.4 is 11.1 Å². The predicted octanol–water partition coefficient (Wildman–Crippen LogP) is 4.28. The van der Waals surface area contributed by atoms with Crippen molar-refractivity contribution in [3.8, 4) is 10.6 Å². The van der Waals surface area contributed by atoms with E-state index in [0.29, 0.717) is 29.9 Å². The summed E-state index contributed by atoms with van der Waals surface area (Å²) in [5.74, 6) is -2.09. The van der Waals surface area contributed by atoms with Gasteiger partial charge in [0.25, 0.3) is 5.91 Å². The van der Waals surface area contributed by atoms with Crippen LogP contribution in [0.3, 0.4) is 0 Å². The molecule has 0 bridgehead atoms. The first-order chi connectivity index (χ1) is 15.3. The number of benzene rings is 1. The minimum absolute atomic E-state index is 0.000185. The molecule has 170 valence electrons. The summed E-state index contributed by atoms with van der Waals surface area (Å²) in [6.45, 7) is 3.33. The number of carbonyl (C=O) groups is 1. The summed E-state index contributed by atoms with van der Waals surface area (Å²) < 4.78 is 48.2. The van der Waals surface area contributed by atoms with Crippen molar-refractivity contribution in [1.82, 2.24) is 15.2 Å². The molecule has 4 atom stereocenters. The minimum Gasteiger partial charge on any atom is -0.366 e. The summed E-state index contributed by atoms with van der Waals surface area (Å²) in [4.78, 5) is 16.9. The molecule has 32 heavy (non-hydrogen) atoms. The van der Waals surface area contributed by atoms with Crippen LogP contribution in [0.2, 0.25) is 0 Å². The van der Waals surface area contributed by atoms with Crippen LogP contribution in [0.4, 0.5) is 18.9 Å². The molecule has 1 aromatic carbocycles. The van der Waals surface area contributed by atoms with Gasteiger partial charge in [0.1, 0.15) is 40.3 Å². The molecular formula is C21H22F3N5O2S. The Morgan fingerprint density at radius 3 is 2.75 bits per heavy atom. The SMILES string of the molecule is Cc1[nH]nc([C@@H]2CC[C@@H](N)[C@H](F)[C@H](C)O2)c1NC(=O)c1csc(-c2c(F)cccc2F)n1. The summed E-state index contributed by atoms with van der Waals surface area (Å²) in [7, 11) is 0. The normalized spacial score (nSPS) is 23.7. The Balaban J connectivity index is 1.57. The molecule has 2 aromatic heterocycles. The van der Waals surface area contributed by atoms with E-state index in [0.717, 1.165) is 23.5 Å². The lowest BCUT2D eigenvalue weighted by Crippen LogP contribution is -2.37. The lowest BCUT2D eigenvalue weighted by Gasteiger charge is -2.21. The summed E-state index contributed by atoms with van der Waals surface area (Å²) in [6, 6.07) is 2.87. The monoisotopic (exact) mass is 465 g/mol. The van der Waals surface area contributed by atoms with Crippen LogP contribution in [0.15, 0.2) is 23.6 Å². The molecule has 4 rings (SSSR count). The Kier molecular flexibility index (Phi) is 6.31. The standard InChI is InChI=1S/C21H22F3N5O2S/c1-9-18(19(29-28-9)15-7-6-13(25)17(24)10(2)31-15)27-20(30)14-8-32-21(26-14)16-11(22)4-3-5-12(16)23/h3-5,8,10,13,15,17H,6-7,25H2,1-2H3,(H,27,30)(H,28,29)/t10-,13+,15-,17+/m0/s1. The van der Waals surface area contributed by atoms with Gasteiger partial charge in [-0.25, -0.2) is 18.2 Å². The summed E-state index contributed by atoms with van der Waals surface area (Å²) in [6.07, 6.45) is -1.75. The van der Waals surface area contributed by atoms with Crippen molar-refractivity contribution in [2.45, 2.75) is 51.1 Å². The molecule has 1 saturated heterocycles. The average molecular weight is 466 g/mol. The van der Waals surface area contributed by atoms with E-state index in [1.165, 1.54) is 11.4 Å². The molecule has 1 aliphatic heterocycles. The second kappa shape index (κ2) is 9.00. The Morgan fingerprint density at radius 2 is 2.03 bits per heavy atom. The van der Waals surface area contributed by atoms with Crippen molar-refractivity contribution >= 4 is 22.9 Å². The number of aryl methyl sites for hydroxylation is 1. The lowest BCUT2D eigenvalue weighted by molar-refractivity contribution is -0.0349.